The first kappa shape index (κ1) is 17.2. The Morgan fingerprint density at radius 1 is 1.08 bits per heavy atom. The summed E-state index contributed by atoms with van der Waals surface area (Å²) in [7, 11) is 0. The molecule has 0 saturated carbocycles. The topological polar surface area (TPSA) is 57.7 Å². The molecule has 0 radical (unpaired) electrons. The highest BCUT2D eigenvalue weighted by molar-refractivity contribution is 6.32. The van der Waals surface area contributed by atoms with E-state index in [4.69, 9.17) is 21.3 Å². The minimum absolute atomic E-state index is 0.135. The molecule has 2 aliphatic rings. The molecule has 1 fully saturated rings. The standard InChI is InChI=1S/C20H23ClN4O/c21-15-5-1-4-8-18(15)26-14-13-23-19-20(9-11-22-12-10-20)25-17-7-3-2-6-16(17)24-19/h1-8,22,25H,9-14H2,(H,23,24). The minimum atomic E-state index is -0.135. The van der Waals surface area contributed by atoms with Crippen molar-refractivity contribution < 1.29 is 4.74 Å². The quantitative estimate of drug-likeness (QED) is 0.720. The van der Waals surface area contributed by atoms with E-state index in [1.165, 1.54) is 0 Å². The van der Waals surface area contributed by atoms with Gasteiger partial charge in [0.05, 0.1) is 28.5 Å². The van der Waals surface area contributed by atoms with Crippen LogP contribution in [0, 0.1) is 0 Å². The number of aliphatic imine (C=N–C) groups is 1. The maximum absolute atomic E-state index is 6.14. The molecule has 0 aromatic heterocycles. The van der Waals surface area contributed by atoms with Gasteiger partial charge in [0.25, 0.3) is 0 Å². The van der Waals surface area contributed by atoms with Crippen molar-refractivity contribution in [3.63, 3.8) is 0 Å². The number of nitrogens with zero attached hydrogens (tertiary/aromatic N) is 1. The molecule has 1 saturated heterocycles. The van der Waals surface area contributed by atoms with Gasteiger partial charge in [-0.2, -0.15) is 0 Å². The predicted octanol–water partition coefficient (Wildman–Crippen LogP) is 3.59. The lowest BCUT2D eigenvalue weighted by atomic mass is 9.85. The molecule has 0 aliphatic carbocycles. The highest BCUT2D eigenvalue weighted by Crippen LogP contribution is 2.36. The van der Waals surface area contributed by atoms with Crippen LogP contribution in [0.15, 0.2) is 53.5 Å². The number of nitrogens with one attached hydrogen (secondary N) is 3. The number of hydrogen-bond acceptors (Lipinski definition) is 5. The van der Waals surface area contributed by atoms with E-state index in [9.17, 15) is 0 Å². The summed E-state index contributed by atoms with van der Waals surface area (Å²) in [6.07, 6.45) is 2.00. The van der Waals surface area contributed by atoms with Crippen molar-refractivity contribution in [2.24, 2.45) is 4.99 Å². The number of hydrogen-bond donors (Lipinski definition) is 3. The summed E-state index contributed by atoms with van der Waals surface area (Å²) in [6, 6.07) is 15.7. The van der Waals surface area contributed by atoms with Gasteiger partial charge in [-0.15, -0.1) is 0 Å². The third-order valence-electron chi connectivity index (χ3n) is 4.91. The van der Waals surface area contributed by atoms with Gasteiger partial charge in [-0.05, 0) is 50.2 Å². The molecule has 2 aromatic carbocycles. The molecule has 0 amide bonds. The van der Waals surface area contributed by atoms with Crippen LogP contribution >= 0.6 is 11.6 Å². The molecule has 2 aliphatic heterocycles. The molecule has 5 nitrogen and oxygen atoms in total. The average Bonchev–Trinajstić information content (AvgIpc) is 2.67. The molecule has 136 valence electrons. The second kappa shape index (κ2) is 7.56. The average molecular weight is 371 g/mol. The van der Waals surface area contributed by atoms with Crippen LogP contribution in [0.4, 0.5) is 11.4 Å². The van der Waals surface area contributed by atoms with E-state index < -0.39 is 0 Å². The van der Waals surface area contributed by atoms with Crippen molar-refractivity contribution in [2.45, 2.75) is 18.4 Å². The SMILES string of the molecule is Clc1ccccc1OCCNC1=Nc2ccccc2NC12CCNCC2. The number of piperidine rings is 1. The van der Waals surface area contributed by atoms with Crippen LogP contribution in [0.1, 0.15) is 12.8 Å². The summed E-state index contributed by atoms with van der Waals surface area (Å²) in [5.41, 5.74) is 1.95. The van der Waals surface area contributed by atoms with Gasteiger partial charge in [-0.1, -0.05) is 35.9 Å². The molecule has 4 rings (SSSR count). The third kappa shape index (κ3) is 3.50. The molecular formula is C20H23ClN4O. The normalized spacial score (nSPS) is 17.8. The van der Waals surface area contributed by atoms with Crippen LogP contribution in [-0.2, 0) is 0 Å². The van der Waals surface area contributed by atoms with E-state index in [1.807, 2.05) is 42.5 Å². The molecule has 0 bridgehead atoms. The lowest BCUT2D eigenvalue weighted by molar-refractivity contribution is 0.320. The highest BCUT2D eigenvalue weighted by atomic mass is 35.5. The van der Waals surface area contributed by atoms with E-state index >= 15 is 0 Å². The number of halogens is 1. The van der Waals surface area contributed by atoms with Crippen LogP contribution < -0.4 is 20.7 Å². The Morgan fingerprint density at radius 2 is 1.85 bits per heavy atom. The first-order chi connectivity index (χ1) is 12.8. The molecular weight excluding hydrogens is 348 g/mol. The molecule has 6 heteroatoms. The van der Waals surface area contributed by atoms with E-state index in [0.29, 0.717) is 23.9 Å². The number of anilines is 1. The van der Waals surface area contributed by atoms with Crippen molar-refractivity contribution in [3.05, 3.63) is 53.6 Å². The second-order valence-corrected chi connectivity index (χ2v) is 7.05. The van der Waals surface area contributed by atoms with Gasteiger partial charge in [0.15, 0.2) is 0 Å². The fourth-order valence-electron chi connectivity index (χ4n) is 3.54. The molecule has 0 unspecified atom stereocenters. The lowest BCUT2D eigenvalue weighted by Gasteiger charge is -2.42. The van der Waals surface area contributed by atoms with Gasteiger partial charge in [0, 0.05) is 0 Å². The van der Waals surface area contributed by atoms with Gasteiger partial charge in [0.2, 0.25) is 0 Å². The molecule has 0 atom stereocenters. The Kier molecular flexibility index (Phi) is 5.00. The summed E-state index contributed by atoms with van der Waals surface area (Å²) in [6.45, 7) is 3.15. The van der Waals surface area contributed by atoms with Crippen molar-refractivity contribution in [1.82, 2.24) is 10.6 Å². The summed E-state index contributed by atoms with van der Waals surface area (Å²) in [5.74, 6) is 1.71. The summed E-state index contributed by atoms with van der Waals surface area (Å²) >= 11 is 6.14. The number of fused-ring (bicyclic) bond motifs is 1. The zero-order valence-electron chi connectivity index (χ0n) is 14.6. The largest absolute Gasteiger partial charge is 0.490 e. The Balaban J connectivity index is 1.46. The fraction of sp³-hybridized carbons (Fsp3) is 0.350. The van der Waals surface area contributed by atoms with Crippen molar-refractivity contribution in [3.8, 4) is 5.75 Å². The Morgan fingerprint density at radius 3 is 2.69 bits per heavy atom. The van der Waals surface area contributed by atoms with Crippen molar-refractivity contribution in [2.75, 3.05) is 31.6 Å². The molecule has 1 spiro atoms. The predicted molar refractivity (Wildman–Crippen MR) is 107 cm³/mol. The van der Waals surface area contributed by atoms with Gasteiger partial charge < -0.3 is 20.7 Å². The zero-order valence-corrected chi connectivity index (χ0v) is 15.4. The smallest absolute Gasteiger partial charge is 0.137 e. The minimum Gasteiger partial charge on any atom is -0.490 e. The summed E-state index contributed by atoms with van der Waals surface area (Å²) in [5, 5.41) is 11.3. The van der Waals surface area contributed by atoms with Gasteiger partial charge in [0.1, 0.15) is 18.2 Å². The van der Waals surface area contributed by atoms with Crippen molar-refractivity contribution in [1.29, 1.82) is 0 Å². The van der Waals surface area contributed by atoms with Gasteiger partial charge in [-0.25, -0.2) is 4.99 Å². The van der Waals surface area contributed by atoms with Crippen molar-refractivity contribution >= 4 is 28.8 Å². The van der Waals surface area contributed by atoms with Gasteiger partial charge in [-0.3, -0.25) is 0 Å². The number of benzene rings is 2. The fourth-order valence-corrected chi connectivity index (χ4v) is 3.73. The van der Waals surface area contributed by atoms with Gasteiger partial charge >= 0.3 is 0 Å². The summed E-state index contributed by atoms with van der Waals surface area (Å²) < 4.78 is 5.79. The van der Waals surface area contributed by atoms with Crippen LogP contribution in [-0.4, -0.2) is 37.6 Å². The molecule has 26 heavy (non-hydrogen) atoms. The molecule has 2 heterocycles. The molecule has 3 N–H and O–H groups in total. The second-order valence-electron chi connectivity index (χ2n) is 6.64. The first-order valence-electron chi connectivity index (χ1n) is 9.05. The van der Waals surface area contributed by atoms with E-state index in [2.05, 4.69) is 22.0 Å². The van der Waals surface area contributed by atoms with E-state index in [-0.39, 0.29) is 5.54 Å². The lowest BCUT2D eigenvalue weighted by Crippen LogP contribution is -2.59. The van der Waals surface area contributed by atoms with E-state index in [1.54, 1.807) is 0 Å². The Bertz CT molecular complexity index is 802. The highest BCUT2D eigenvalue weighted by Gasteiger charge is 2.40. The first-order valence-corrected chi connectivity index (χ1v) is 9.43. The van der Waals surface area contributed by atoms with Crippen LogP contribution in [0.5, 0.6) is 5.75 Å². The van der Waals surface area contributed by atoms with Crippen LogP contribution in [0.25, 0.3) is 0 Å². The van der Waals surface area contributed by atoms with E-state index in [0.717, 1.165) is 43.1 Å². The Labute approximate surface area is 158 Å². The summed E-state index contributed by atoms with van der Waals surface area (Å²) in [4.78, 5) is 4.92. The number of ether oxygens (including phenoxy) is 1. The number of rotatable bonds is 4. The zero-order chi connectivity index (χ0) is 17.8. The maximum atomic E-state index is 6.14. The Hall–Kier alpha value is -2.24. The maximum Gasteiger partial charge on any atom is 0.137 e. The monoisotopic (exact) mass is 370 g/mol. The number of para-hydroxylation sites is 3. The molecule has 2 aromatic rings. The third-order valence-corrected chi connectivity index (χ3v) is 5.22. The van der Waals surface area contributed by atoms with Crippen LogP contribution in [0.2, 0.25) is 5.02 Å². The van der Waals surface area contributed by atoms with Crippen LogP contribution in [0.3, 0.4) is 0 Å². The number of amidine groups is 1.